The van der Waals surface area contributed by atoms with Gasteiger partial charge in [-0.2, -0.15) is 0 Å². The maximum Gasteiger partial charge on any atom is 0.317 e. The molecule has 2 amide bonds. The van der Waals surface area contributed by atoms with Gasteiger partial charge in [-0.15, -0.1) is 0 Å². The molecular weight excluding hydrogens is 256 g/mol. The Balaban J connectivity index is 2.44. The molecule has 1 saturated carbocycles. The predicted molar refractivity (Wildman–Crippen MR) is 68.9 cm³/mol. The summed E-state index contributed by atoms with van der Waals surface area (Å²) >= 11 is 0. The second kappa shape index (κ2) is 6.72. The molecule has 0 heterocycles. The van der Waals surface area contributed by atoms with E-state index in [9.17, 15) is 13.8 Å². The molecule has 1 aliphatic rings. The summed E-state index contributed by atoms with van der Waals surface area (Å²) in [5, 5.41) is 11.4. The zero-order valence-electron chi connectivity index (χ0n) is 10.7. The van der Waals surface area contributed by atoms with Crippen molar-refractivity contribution in [3.63, 3.8) is 0 Å². The van der Waals surface area contributed by atoms with E-state index in [1.807, 2.05) is 0 Å². The molecule has 0 bridgehead atoms. The fourth-order valence-corrected chi connectivity index (χ4v) is 2.53. The number of amides is 2. The van der Waals surface area contributed by atoms with Gasteiger partial charge >= 0.3 is 12.0 Å². The molecule has 1 aliphatic carbocycles. The number of carbonyl (C=O) groups excluding carboxylic acids is 1. The Bertz CT molecular complexity index is 344. The van der Waals surface area contributed by atoms with Gasteiger partial charge in [0.25, 0.3) is 0 Å². The smallest absolute Gasteiger partial charge is 0.317 e. The Kier molecular flexibility index (Phi) is 5.58. The molecule has 0 aromatic carbocycles. The van der Waals surface area contributed by atoms with E-state index in [-0.39, 0.29) is 31.1 Å². The van der Waals surface area contributed by atoms with Gasteiger partial charge in [0.1, 0.15) is 0 Å². The lowest BCUT2D eigenvalue weighted by atomic mass is 10.3. The largest absolute Gasteiger partial charge is 0.481 e. The number of urea groups is 1. The van der Waals surface area contributed by atoms with Crippen molar-refractivity contribution in [2.45, 2.75) is 38.3 Å². The Morgan fingerprint density at radius 1 is 1.50 bits per heavy atom. The highest BCUT2D eigenvalue weighted by atomic mass is 32.2. The highest BCUT2D eigenvalue weighted by Gasteiger charge is 2.33. The van der Waals surface area contributed by atoms with Crippen molar-refractivity contribution in [1.82, 2.24) is 10.2 Å². The molecule has 0 aromatic rings. The lowest BCUT2D eigenvalue weighted by molar-refractivity contribution is -0.137. The molecule has 2 unspecified atom stereocenters. The van der Waals surface area contributed by atoms with Gasteiger partial charge in [0.05, 0.1) is 6.42 Å². The first-order chi connectivity index (χ1) is 8.40. The molecule has 2 N–H and O–H groups in total. The first-order valence-electron chi connectivity index (χ1n) is 5.99. The fourth-order valence-electron chi connectivity index (χ4n) is 1.74. The standard InChI is InChI=1S/C11H20N2O4S/c1-8(7-18(2)17)12-11(16)13(9-3-4-9)6-5-10(14)15/h8-9H,3-7H2,1-2H3,(H,12,16)(H,14,15). The van der Waals surface area contributed by atoms with Gasteiger partial charge in [-0.1, -0.05) is 0 Å². The van der Waals surface area contributed by atoms with Crippen molar-refractivity contribution in [1.29, 1.82) is 0 Å². The number of nitrogens with zero attached hydrogens (tertiary/aromatic N) is 1. The van der Waals surface area contributed by atoms with E-state index in [2.05, 4.69) is 5.32 Å². The minimum atomic E-state index is -0.959. The first kappa shape index (κ1) is 14.9. The molecule has 1 fully saturated rings. The molecule has 7 heteroatoms. The average molecular weight is 276 g/mol. The van der Waals surface area contributed by atoms with Crippen LogP contribution in [0.15, 0.2) is 0 Å². The van der Waals surface area contributed by atoms with Crippen molar-refractivity contribution < 1.29 is 18.9 Å². The molecule has 2 atom stereocenters. The van der Waals surface area contributed by atoms with E-state index in [4.69, 9.17) is 5.11 Å². The second-order valence-electron chi connectivity index (χ2n) is 4.66. The van der Waals surface area contributed by atoms with Crippen LogP contribution in [-0.2, 0) is 15.6 Å². The molecule has 6 nitrogen and oxygen atoms in total. The fraction of sp³-hybridized carbons (Fsp3) is 0.818. The number of aliphatic carboxylic acids is 1. The van der Waals surface area contributed by atoms with Gasteiger partial charge in [0.15, 0.2) is 0 Å². The highest BCUT2D eigenvalue weighted by molar-refractivity contribution is 7.84. The lowest BCUT2D eigenvalue weighted by Gasteiger charge is -2.24. The number of carbonyl (C=O) groups is 2. The SMILES string of the molecule is CC(CS(C)=O)NC(=O)N(CCC(=O)O)C1CC1. The van der Waals surface area contributed by atoms with Crippen LogP contribution in [0.1, 0.15) is 26.2 Å². The summed E-state index contributed by atoms with van der Waals surface area (Å²) < 4.78 is 11.0. The van der Waals surface area contributed by atoms with E-state index in [0.29, 0.717) is 5.75 Å². The summed E-state index contributed by atoms with van der Waals surface area (Å²) in [7, 11) is -0.959. The van der Waals surface area contributed by atoms with Crippen LogP contribution in [0, 0.1) is 0 Å². The van der Waals surface area contributed by atoms with Crippen molar-refractivity contribution in [2.75, 3.05) is 18.6 Å². The Morgan fingerprint density at radius 2 is 2.11 bits per heavy atom. The number of hydrogen-bond donors (Lipinski definition) is 2. The minimum Gasteiger partial charge on any atom is -0.481 e. The number of hydrogen-bond acceptors (Lipinski definition) is 3. The summed E-state index contributed by atoms with van der Waals surface area (Å²) in [5.74, 6) is -0.500. The van der Waals surface area contributed by atoms with E-state index >= 15 is 0 Å². The first-order valence-corrected chi connectivity index (χ1v) is 7.71. The van der Waals surface area contributed by atoms with E-state index in [1.165, 1.54) is 0 Å². The number of nitrogens with one attached hydrogen (secondary N) is 1. The van der Waals surface area contributed by atoms with Gasteiger partial charge in [0, 0.05) is 41.4 Å². The van der Waals surface area contributed by atoms with Crippen LogP contribution >= 0.6 is 0 Å². The predicted octanol–water partition coefficient (Wildman–Crippen LogP) is 0.402. The van der Waals surface area contributed by atoms with Crippen LogP contribution < -0.4 is 5.32 Å². The Labute approximate surface area is 109 Å². The van der Waals surface area contributed by atoms with Gasteiger partial charge in [-0.05, 0) is 19.8 Å². The number of carboxylic acid groups (broad SMARTS) is 1. The van der Waals surface area contributed by atoms with Gasteiger partial charge < -0.3 is 15.3 Å². The van der Waals surface area contributed by atoms with Crippen LogP contribution in [0.4, 0.5) is 4.79 Å². The van der Waals surface area contributed by atoms with Gasteiger partial charge in [0.2, 0.25) is 0 Å². The van der Waals surface area contributed by atoms with E-state index < -0.39 is 16.8 Å². The molecule has 0 aliphatic heterocycles. The number of rotatable bonds is 7. The monoisotopic (exact) mass is 276 g/mol. The topological polar surface area (TPSA) is 86.7 Å². The van der Waals surface area contributed by atoms with Crippen molar-refractivity contribution in [3.8, 4) is 0 Å². The third-order valence-corrected chi connectivity index (χ3v) is 3.64. The Morgan fingerprint density at radius 3 is 2.56 bits per heavy atom. The summed E-state index contributed by atoms with van der Waals surface area (Å²) in [4.78, 5) is 24.1. The van der Waals surface area contributed by atoms with E-state index in [1.54, 1.807) is 18.1 Å². The number of carboxylic acids is 1. The van der Waals surface area contributed by atoms with Gasteiger partial charge in [-0.3, -0.25) is 9.00 Å². The summed E-state index contributed by atoms with van der Waals surface area (Å²) in [6, 6.07) is -0.255. The second-order valence-corrected chi connectivity index (χ2v) is 6.14. The maximum absolute atomic E-state index is 12.0. The molecular formula is C11H20N2O4S. The molecule has 0 aromatic heterocycles. The van der Waals surface area contributed by atoms with Crippen LogP contribution in [-0.4, -0.2) is 56.9 Å². The lowest BCUT2D eigenvalue weighted by Crippen LogP contribution is -2.47. The normalized spacial score (nSPS) is 17.9. The van der Waals surface area contributed by atoms with Crippen molar-refractivity contribution >= 4 is 22.8 Å². The van der Waals surface area contributed by atoms with Crippen molar-refractivity contribution in [2.24, 2.45) is 0 Å². The van der Waals surface area contributed by atoms with Crippen molar-refractivity contribution in [3.05, 3.63) is 0 Å². The van der Waals surface area contributed by atoms with E-state index in [0.717, 1.165) is 12.8 Å². The van der Waals surface area contributed by atoms with Crippen LogP contribution in [0.25, 0.3) is 0 Å². The minimum absolute atomic E-state index is 0.0436. The molecule has 0 saturated heterocycles. The highest BCUT2D eigenvalue weighted by Crippen LogP contribution is 2.26. The average Bonchev–Trinajstić information content (AvgIpc) is 2.99. The van der Waals surface area contributed by atoms with Gasteiger partial charge in [-0.25, -0.2) is 4.79 Å². The zero-order valence-corrected chi connectivity index (χ0v) is 11.5. The molecule has 104 valence electrons. The summed E-state index contributed by atoms with van der Waals surface area (Å²) in [5.41, 5.74) is 0. The molecule has 18 heavy (non-hydrogen) atoms. The van der Waals surface area contributed by atoms with Crippen LogP contribution in [0.3, 0.4) is 0 Å². The molecule has 0 spiro atoms. The summed E-state index contributed by atoms with van der Waals surface area (Å²) in [6.45, 7) is 2.02. The zero-order chi connectivity index (χ0) is 13.7. The maximum atomic E-state index is 12.0. The van der Waals surface area contributed by atoms with Crippen LogP contribution in [0.2, 0.25) is 0 Å². The summed E-state index contributed by atoms with van der Waals surface area (Å²) in [6.07, 6.45) is 3.41. The third-order valence-electron chi connectivity index (χ3n) is 2.67. The van der Waals surface area contributed by atoms with Crippen LogP contribution in [0.5, 0.6) is 0 Å². The molecule has 0 radical (unpaired) electrons. The third kappa shape index (κ3) is 5.48. The Hall–Kier alpha value is -1.11. The molecule has 1 rings (SSSR count). The quantitative estimate of drug-likeness (QED) is 0.705.